The summed E-state index contributed by atoms with van der Waals surface area (Å²) in [5.41, 5.74) is 8.93. The van der Waals surface area contributed by atoms with Gasteiger partial charge < -0.3 is 28.8 Å². The third kappa shape index (κ3) is 8.36. The number of carbonyl (C=O) groups excluding carboxylic acids is 3. The minimum atomic E-state index is -0.838. The number of aryl methyl sites for hydroxylation is 1. The Morgan fingerprint density at radius 1 is 1.20 bits per heavy atom. The number of fused-ring (bicyclic) bond motifs is 6. The van der Waals surface area contributed by atoms with Gasteiger partial charge in [0.1, 0.15) is 6.04 Å². The Labute approximate surface area is 338 Å². The van der Waals surface area contributed by atoms with Crippen LogP contribution in [0.1, 0.15) is 56.8 Å². The van der Waals surface area contributed by atoms with Gasteiger partial charge in [-0.25, -0.2) is 15.2 Å². The number of rotatable bonds is 6. The lowest BCUT2D eigenvalue weighted by Gasteiger charge is -2.35. The Morgan fingerprint density at radius 2 is 1.98 bits per heavy atom. The Kier molecular flexibility index (Phi) is 11.9. The third-order valence-electron chi connectivity index (χ3n) is 11.1. The van der Waals surface area contributed by atoms with Crippen LogP contribution in [0, 0.1) is 5.41 Å². The summed E-state index contributed by atoms with van der Waals surface area (Å²) in [5.74, 6) is -0.550. The molecule has 6 heterocycles. The van der Waals surface area contributed by atoms with Crippen molar-refractivity contribution in [3.63, 3.8) is 0 Å². The molecule has 3 aliphatic rings. The van der Waals surface area contributed by atoms with E-state index < -0.39 is 22.2 Å². The largest absolute Gasteiger partial charge is 0.464 e. The lowest BCUT2D eigenvalue weighted by atomic mass is 9.84. The molecule has 6 bridgehead atoms. The normalized spacial score (nSPS) is 22.1. The molecule has 3 atom stereocenters. The highest BCUT2D eigenvalue weighted by Crippen LogP contribution is 2.42. The Hall–Kier alpha value is -3.94. The van der Waals surface area contributed by atoms with Crippen molar-refractivity contribution < 1.29 is 23.9 Å². The van der Waals surface area contributed by atoms with E-state index in [-0.39, 0.29) is 34.2 Å². The number of pyridine rings is 1. The summed E-state index contributed by atoms with van der Waals surface area (Å²) in [6.45, 7) is 12.6. The van der Waals surface area contributed by atoms with Crippen molar-refractivity contribution in [1.82, 2.24) is 39.8 Å². The first kappa shape index (κ1) is 40.3. The van der Waals surface area contributed by atoms with E-state index in [0.29, 0.717) is 51.9 Å². The lowest BCUT2D eigenvalue weighted by molar-refractivity contribution is -0.154. The third-order valence-corrected chi connectivity index (χ3v) is 13.5. The van der Waals surface area contributed by atoms with Gasteiger partial charge in [0.25, 0.3) is 0 Å². The second-order valence-corrected chi connectivity index (χ2v) is 19.1. The summed E-state index contributed by atoms with van der Waals surface area (Å²) in [7, 11) is 7.39. The van der Waals surface area contributed by atoms with Crippen molar-refractivity contribution >= 4 is 60.1 Å². The molecular formula is C40H51N8O5SSi2. The van der Waals surface area contributed by atoms with Gasteiger partial charge >= 0.3 is 12.0 Å². The van der Waals surface area contributed by atoms with Crippen molar-refractivity contribution in [1.29, 1.82) is 0 Å². The molecule has 2 fully saturated rings. The van der Waals surface area contributed by atoms with Gasteiger partial charge in [-0.3, -0.25) is 19.6 Å². The molecular weight excluding hydrogens is 761 g/mol. The lowest BCUT2D eigenvalue weighted by Crippen LogP contribution is -2.58. The van der Waals surface area contributed by atoms with E-state index in [4.69, 9.17) is 19.4 Å². The van der Waals surface area contributed by atoms with E-state index >= 15 is 0 Å². The average molecular weight is 812 g/mol. The van der Waals surface area contributed by atoms with Gasteiger partial charge in [-0.15, -0.1) is 11.3 Å². The standard InChI is InChI=1S/C40H51N8O5SSi2/c1-7-47-31-13-12-25-20-27(31)28(34(47)26-10-8-14-41-35(26)40(4,55)52-6)22-39(2,3)24-53-37(50)29-11-9-15-48(43-29)36(49)32(21-33-42-30(25)23-54-33)56-44-38(51)46-18-16-45(5)17-19-46/h8,10,12-14,20,23,29,32,43H,7,9,11,15-19,21-22,24H2,1-6H3,(H,44,51)/t29-,32-,40+/m0/s1. The number of nitrogens with zero attached hydrogens (tertiary/aromatic N) is 6. The van der Waals surface area contributed by atoms with Crippen LogP contribution in [-0.2, 0) is 43.7 Å². The second kappa shape index (κ2) is 16.5. The van der Waals surface area contributed by atoms with Crippen LogP contribution in [0.5, 0.6) is 0 Å². The number of amides is 3. The van der Waals surface area contributed by atoms with Gasteiger partial charge in [0.2, 0.25) is 5.91 Å². The monoisotopic (exact) mass is 811 g/mol. The topological polar surface area (TPSA) is 134 Å². The molecule has 3 aromatic heterocycles. The van der Waals surface area contributed by atoms with Gasteiger partial charge in [-0.05, 0) is 70.0 Å². The molecule has 0 saturated carbocycles. The van der Waals surface area contributed by atoms with Gasteiger partial charge in [0, 0.05) is 91.8 Å². The molecule has 2 saturated heterocycles. The van der Waals surface area contributed by atoms with Gasteiger partial charge in [0.05, 0.1) is 49.7 Å². The number of esters is 1. The highest BCUT2D eigenvalue weighted by Gasteiger charge is 2.36. The number of methoxy groups -OCH3 is 1. The predicted molar refractivity (Wildman–Crippen MR) is 219 cm³/mol. The minimum absolute atomic E-state index is 0.164. The molecule has 4 aromatic rings. The molecule has 2 N–H and O–H groups in total. The molecule has 3 amide bonds. The van der Waals surface area contributed by atoms with E-state index in [1.54, 1.807) is 23.2 Å². The zero-order chi connectivity index (χ0) is 39.8. The van der Waals surface area contributed by atoms with Crippen LogP contribution >= 0.6 is 11.3 Å². The highest BCUT2D eigenvalue weighted by atomic mass is 32.1. The second-order valence-electron chi connectivity index (χ2n) is 16.0. The molecule has 16 heteroatoms. The molecule has 0 aliphatic carbocycles. The number of ether oxygens (including phenoxy) is 2. The Bertz CT molecular complexity index is 2100. The number of likely N-dealkylation sites (N-methyl/N-ethyl adjacent to an activating group) is 1. The number of hydrogen-bond donors (Lipinski definition) is 2. The van der Waals surface area contributed by atoms with Crippen LogP contribution in [0.25, 0.3) is 33.4 Å². The molecule has 7 rings (SSSR count). The zero-order valence-corrected chi connectivity index (χ0v) is 35.9. The number of carbonyl (C=O) groups is 3. The van der Waals surface area contributed by atoms with Crippen molar-refractivity contribution in [3.05, 3.63) is 58.2 Å². The summed E-state index contributed by atoms with van der Waals surface area (Å²) in [4.78, 5) is 58.2. The molecule has 1 aromatic carbocycles. The van der Waals surface area contributed by atoms with Crippen molar-refractivity contribution in [2.45, 2.75) is 76.7 Å². The molecule has 5 radical (unpaired) electrons. The fourth-order valence-corrected chi connectivity index (χ4v) is 10.0. The SMILES string of the molecule is CCn1c(-c2cccnc2[C@@](C)([Si])OC)c2c3cc(ccc31)-c1csc(n1)C[C@H]([Si]NC(=O)N1CCN(C)CC1)C(=O)N1CCC[C@H](N1)C(=O)OCC(C)(C)C2. The van der Waals surface area contributed by atoms with Crippen LogP contribution in [0.2, 0.25) is 5.54 Å². The number of hydrazine groups is 1. The van der Waals surface area contributed by atoms with Crippen molar-refractivity contribution in [3.8, 4) is 22.5 Å². The first-order valence-corrected chi connectivity index (χ1v) is 21.8. The summed E-state index contributed by atoms with van der Waals surface area (Å²) in [5, 5.41) is 4.66. The number of urea groups is 1. The van der Waals surface area contributed by atoms with E-state index in [2.05, 4.69) is 80.5 Å². The van der Waals surface area contributed by atoms with Gasteiger partial charge in [-0.2, -0.15) is 0 Å². The number of nitrogens with one attached hydrogen (secondary N) is 2. The van der Waals surface area contributed by atoms with Crippen LogP contribution in [-0.4, -0.2) is 127 Å². The van der Waals surface area contributed by atoms with Crippen molar-refractivity contribution in [2.75, 3.05) is 53.5 Å². The predicted octanol–water partition coefficient (Wildman–Crippen LogP) is 4.36. The Morgan fingerprint density at radius 3 is 2.73 bits per heavy atom. The highest BCUT2D eigenvalue weighted by molar-refractivity contribution is 7.10. The number of piperazine rings is 1. The number of aromatic nitrogens is 3. The zero-order valence-electron chi connectivity index (χ0n) is 33.1. The molecule has 3 aliphatic heterocycles. The van der Waals surface area contributed by atoms with Crippen molar-refractivity contribution in [2.24, 2.45) is 5.41 Å². The summed E-state index contributed by atoms with van der Waals surface area (Å²) < 4.78 is 14.3. The average Bonchev–Trinajstić information content (AvgIpc) is 3.79. The van der Waals surface area contributed by atoms with Crippen LogP contribution < -0.4 is 10.4 Å². The van der Waals surface area contributed by atoms with E-state index in [9.17, 15) is 14.4 Å². The maximum atomic E-state index is 14.2. The number of hydrogen-bond acceptors (Lipinski definition) is 10. The summed E-state index contributed by atoms with van der Waals surface area (Å²) in [6.07, 6.45) is 3.94. The van der Waals surface area contributed by atoms with E-state index in [1.807, 2.05) is 20.0 Å². The molecule has 0 unspecified atom stereocenters. The smallest absolute Gasteiger partial charge is 0.324 e. The van der Waals surface area contributed by atoms with E-state index in [0.717, 1.165) is 62.8 Å². The molecule has 13 nitrogen and oxygen atoms in total. The maximum Gasteiger partial charge on any atom is 0.324 e. The maximum absolute atomic E-state index is 14.2. The van der Waals surface area contributed by atoms with E-state index in [1.165, 1.54) is 11.3 Å². The Balaban J connectivity index is 1.31. The van der Waals surface area contributed by atoms with Crippen LogP contribution in [0.4, 0.5) is 4.79 Å². The molecule has 295 valence electrons. The molecule has 56 heavy (non-hydrogen) atoms. The first-order valence-electron chi connectivity index (χ1n) is 19.4. The fourth-order valence-electron chi connectivity index (χ4n) is 7.82. The first-order chi connectivity index (χ1) is 26.8. The quantitative estimate of drug-likeness (QED) is 0.215. The number of cyclic esters (lactones) is 1. The molecule has 0 spiro atoms. The number of thiazole rings is 1. The summed E-state index contributed by atoms with van der Waals surface area (Å²) >= 11 is 1.52. The fraction of sp³-hybridized carbons (Fsp3) is 0.525. The minimum Gasteiger partial charge on any atom is -0.464 e. The van der Waals surface area contributed by atoms with Gasteiger partial charge in [0.15, 0.2) is 9.68 Å². The van der Waals surface area contributed by atoms with Gasteiger partial charge in [-0.1, -0.05) is 19.9 Å². The van der Waals surface area contributed by atoms with Crippen LogP contribution in [0.15, 0.2) is 41.9 Å². The summed E-state index contributed by atoms with van der Waals surface area (Å²) in [6, 6.07) is 9.70. The van der Waals surface area contributed by atoms with Crippen LogP contribution in [0.3, 0.4) is 0 Å². The number of benzene rings is 1.